The number of pyridine rings is 1. The molecular formula is C17H16N4S. The fourth-order valence-corrected chi connectivity index (χ4v) is 2.62. The molecule has 2 heterocycles. The Labute approximate surface area is 134 Å². The summed E-state index contributed by atoms with van der Waals surface area (Å²) in [7, 11) is 0. The van der Waals surface area contributed by atoms with Gasteiger partial charge in [0, 0.05) is 43.3 Å². The van der Waals surface area contributed by atoms with Crippen LogP contribution >= 0.6 is 12.2 Å². The van der Waals surface area contributed by atoms with E-state index in [1.807, 2.05) is 48.9 Å². The summed E-state index contributed by atoms with van der Waals surface area (Å²) >= 11 is 5.13. The van der Waals surface area contributed by atoms with Crippen LogP contribution in [0.5, 0.6) is 0 Å². The van der Waals surface area contributed by atoms with E-state index >= 15 is 0 Å². The van der Waals surface area contributed by atoms with E-state index in [9.17, 15) is 0 Å². The summed E-state index contributed by atoms with van der Waals surface area (Å²) in [5.74, 6) is 0.991. The zero-order valence-corrected chi connectivity index (χ0v) is 12.8. The number of benzene rings is 1. The molecule has 4 nitrogen and oxygen atoms in total. The van der Waals surface area contributed by atoms with Crippen molar-refractivity contribution in [2.75, 3.05) is 0 Å². The lowest BCUT2D eigenvalue weighted by Crippen LogP contribution is -2.14. The lowest BCUT2D eigenvalue weighted by Gasteiger charge is -2.11. The van der Waals surface area contributed by atoms with Gasteiger partial charge in [-0.05, 0) is 17.2 Å². The molecule has 0 saturated heterocycles. The summed E-state index contributed by atoms with van der Waals surface area (Å²) in [6.07, 6.45) is 8.17. The molecule has 2 N–H and O–H groups in total. The van der Waals surface area contributed by atoms with E-state index in [1.165, 1.54) is 0 Å². The number of hydrogen-bond acceptors (Lipinski definition) is 3. The van der Waals surface area contributed by atoms with Gasteiger partial charge in [0.15, 0.2) is 0 Å². The molecule has 0 atom stereocenters. The predicted octanol–water partition coefficient (Wildman–Crippen LogP) is 2.55. The molecule has 110 valence electrons. The number of thiocarbonyl (C=S) groups is 1. The highest BCUT2D eigenvalue weighted by atomic mass is 32.1. The van der Waals surface area contributed by atoms with Crippen molar-refractivity contribution in [2.45, 2.75) is 13.0 Å². The molecule has 0 spiro atoms. The van der Waals surface area contributed by atoms with E-state index in [4.69, 9.17) is 18.0 Å². The summed E-state index contributed by atoms with van der Waals surface area (Å²) in [5.41, 5.74) is 8.95. The van der Waals surface area contributed by atoms with Crippen molar-refractivity contribution < 1.29 is 0 Å². The second-order valence-electron chi connectivity index (χ2n) is 5.03. The van der Waals surface area contributed by atoms with Gasteiger partial charge >= 0.3 is 0 Å². The SMILES string of the molecule is NC(=S)c1ccccc1Cn1ccnc1Cc1cccnc1. The van der Waals surface area contributed by atoms with Gasteiger partial charge in [-0.3, -0.25) is 4.98 Å². The van der Waals surface area contributed by atoms with Crippen LogP contribution in [-0.2, 0) is 13.0 Å². The third kappa shape index (κ3) is 3.20. The molecule has 1 aromatic carbocycles. The van der Waals surface area contributed by atoms with Crippen LogP contribution in [0.15, 0.2) is 61.2 Å². The molecule has 22 heavy (non-hydrogen) atoms. The Morgan fingerprint density at radius 3 is 2.77 bits per heavy atom. The second kappa shape index (κ2) is 6.49. The van der Waals surface area contributed by atoms with Crippen molar-refractivity contribution >= 4 is 17.2 Å². The highest BCUT2D eigenvalue weighted by molar-refractivity contribution is 7.80. The maximum Gasteiger partial charge on any atom is 0.113 e. The fourth-order valence-electron chi connectivity index (χ4n) is 2.42. The smallest absolute Gasteiger partial charge is 0.113 e. The molecule has 0 saturated carbocycles. The van der Waals surface area contributed by atoms with E-state index in [2.05, 4.69) is 20.6 Å². The molecule has 0 bridgehead atoms. The van der Waals surface area contributed by atoms with Crippen molar-refractivity contribution in [2.24, 2.45) is 5.73 Å². The Balaban J connectivity index is 1.86. The van der Waals surface area contributed by atoms with Crippen LogP contribution in [0.1, 0.15) is 22.5 Å². The van der Waals surface area contributed by atoms with Crippen LogP contribution in [0.4, 0.5) is 0 Å². The summed E-state index contributed by atoms with van der Waals surface area (Å²) < 4.78 is 2.12. The first kappa shape index (κ1) is 14.4. The highest BCUT2D eigenvalue weighted by Crippen LogP contribution is 2.13. The molecule has 0 aliphatic rings. The fraction of sp³-hybridized carbons (Fsp3) is 0.118. The topological polar surface area (TPSA) is 56.7 Å². The molecule has 0 amide bonds. The molecule has 3 aromatic rings. The van der Waals surface area contributed by atoms with Crippen molar-refractivity contribution in [3.05, 3.63) is 83.7 Å². The maximum atomic E-state index is 5.80. The van der Waals surface area contributed by atoms with Gasteiger partial charge in [0.2, 0.25) is 0 Å². The lowest BCUT2D eigenvalue weighted by molar-refractivity contribution is 0.739. The maximum absolute atomic E-state index is 5.80. The minimum atomic E-state index is 0.421. The molecule has 3 rings (SSSR count). The molecule has 2 aromatic heterocycles. The second-order valence-corrected chi connectivity index (χ2v) is 5.47. The number of hydrogen-bond donors (Lipinski definition) is 1. The number of nitrogens with zero attached hydrogens (tertiary/aromatic N) is 3. The van der Waals surface area contributed by atoms with E-state index in [1.54, 1.807) is 6.20 Å². The number of imidazole rings is 1. The predicted molar refractivity (Wildman–Crippen MR) is 90.7 cm³/mol. The molecule has 0 radical (unpaired) electrons. The first-order valence-electron chi connectivity index (χ1n) is 7.00. The third-order valence-corrected chi connectivity index (χ3v) is 3.73. The van der Waals surface area contributed by atoms with Crippen LogP contribution in [-0.4, -0.2) is 19.5 Å². The quantitative estimate of drug-likeness (QED) is 0.736. The molecule has 0 aliphatic carbocycles. The molecule has 0 aliphatic heterocycles. The Hall–Kier alpha value is -2.53. The van der Waals surface area contributed by atoms with E-state index in [0.29, 0.717) is 11.5 Å². The monoisotopic (exact) mass is 308 g/mol. The minimum Gasteiger partial charge on any atom is -0.389 e. The van der Waals surface area contributed by atoms with Gasteiger partial charge in [0.25, 0.3) is 0 Å². The summed E-state index contributed by atoms with van der Waals surface area (Å²) in [6.45, 7) is 0.698. The Morgan fingerprint density at radius 1 is 1.14 bits per heavy atom. The number of aromatic nitrogens is 3. The highest BCUT2D eigenvalue weighted by Gasteiger charge is 2.09. The van der Waals surface area contributed by atoms with Gasteiger partial charge < -0.3 is 10.3 Å². The van der Waals surface area contributed by atoms with Crippen LogP contribution in [0.25, 0.3) is 0 Å². The van der Waals surface area contributed by atoms with Gasteiger partial charge in [-0.25, -0.2) is 4.98 Å². The van der Waals surface area contributed by atoms with Crippen LogP contribution in [0, 0.1) is 0 Å². The van der Waals surface area contributed by atoms with Gasteiger partial charge in [0.1, 0.15) is 10.8 Å². The average molecular weight is 308 g/mol. The normalized spacial score (nSPS) is 10.5. The van der Waals surface area contributed by atoms with Crippen molar-refractivity contribution in [3.63, 3.8) is 0 Å². The summed E-state index contributed by atoms with van der Waals surface area (Å²) in [4.78, 5) is 9.02. The molecule has 0 fully saturated rings. The van der Waals surface area contributed by atoms with E-state index in [-0.39, 0.29) is 0 Å². The molecule has 5 heteroatoms. The molecule has 0 unspecified atom stereocenters. The standard InChI is InChI=1S/C17H16N4S/c18-17(22)15-6-2-1-5-14(15)12-21-9-8-20-16(21)10-13-4-3-7-19-11-13/h1-9,11H,10,12H2,(H2,18,22). The first-order chi connectivity index (χ1) is 10.7. The molecular weight excluding hydrogens is 292 g/mol. The summed E-state index contributed by atoms with van der Waals surface area (Å²) in [5, 5.41) is 0. The van der Waals surface area contributed by atoms with Crippen molar-refractivity contribution in [3.8, 4) is 0 Å². The lowest BCUT2D eigenvalue weighted by atomic mass is 10.1. The number of nitrogens with two attached hydrogens (primary N) is 1. The van der Waals surface area contributed by atoms with E-state index < -0.39 is 0 Å². The van der Waals surface area contributed by atoms with Crippen molar-refractivity contribution in [1.82, 2.24) is 14.5 Å². The minimum absolute atomic E-state index is 0.421. The zero-order chi connectivity index (χ0) is 15.4. The van der Waals surface area contributed by atoms with Gasteiger partial charge in [-0.15, -0.1) is 0 Å². The van der Waals surface area contributed by atoms with Gasteiger partial charge in [0.05, 0.1) is 0 Å². The van der Waals surface area contributed by atoms with Crippen molar-refractivity contribution in [1.29, 1.82) is 0 Å². The van der Waals surface area contributed by atoms with Crippen LogP contribution in [0.3, 0.4) is 0 Å². The van der Waals surface area contributed by atoms with Crippen LogP contribution in [0.2, 0.25) is 0 Å². The number of rotatable bonds is 5. The average Bonchev–Trinajstić information content (AvgIpc) is 2.96. The Kier molecular flexibility index (Phi) is 4.25. The van der Waals surface area contributed by atoms with Gasteiger partial charge in [-0.1, -0.05) is 42.5 Å². The van der Waals surface area contributed by atoms with Crippen LogP contribution < -0.4 is 5.73 Å². The summed E-state index contributed by atoms with van der Waals surface area (Å²) in [6, 6.07) is 11.9. The first-order valence-corrected chi connectivity index (χ1v) is 7.41. The largest absolute Gasteiger partial charge is 0.389 e. The zero-order valence-electron chi connectivity index (χ0n) is 12.0. The Morgan fingerprint density at radius 2 is 2.00 bits per heavy atom. The Bertz CT molecular complexity index is 780. The van der Waals surface area contributed by atoms with Gasteiger partial charge in [-0.2, -0.15) is 0 Å². The third-order valence-electron chi connectivity index (χ3n) is 3.51. The van der Waals surface area contributed by atoms with E-state index in [0.717, 1.165) is 28.9 Å².